The number of carbonyl (C=O) groups is 1. The summed E-state index contributed by atoms with van der Waals surface area (Å²) in [7, 11) is 1.72. The molecule has 0 saturated carbocycles. The fraction of sp³-hybridized carbons (Fsp3) is 0.462. The van der Waals surface area contributed by atoms with Crippen LogP contribution in [0.4, 0.5) is 0 Å². The molecule has 0 spiro atoms. The van der Waals surface area contributed by atoms with Crippen molar-refractivity contribution in [3.05, 3.63) is 29.6 Å². The largest absolute Gasteiger partial charge is 0.374 e. The third-order valence-electron chi connectivity index (χ3n) is 2.94. The van der Waals surface area contributed by atoms with Gasteiger partial charge in [-0.1, -0.05) is 0 Å². The van der Waals surface area contributed by atoms with Crippen LogP contribution in [0.2, 0.25) is 0 Å². The summed E-state index contributed by atoms with van der Waals surface area (Å²) in [6.45, 7) is 2.79. The van der Waals surface area contributed by atoms with Crippen LogP contribution in [0, 0.1) is 11.3 Å². The average Bonchev–Trinajstić information content (AvgIpc) is 2.47. The molecule has 2 rings (SSSR count). The molecule has 6 nitrogen and oxygen atoms in total. The molecular weight excluding hydrogens is 244 g/mol. The van der Waals surface area contributed by atoms with Gasteiger partial charge in [-0.3, -0.25) is 4.79 Å². The number of pyridine rings is 1. The zero-order chi connectivity index (χ0) is 13.7. The van der Waals surface area contributed by atoms with Gasteiger partial charge in [0, 0.05) is 32.9 Å². The standard InChI is InChI=1S/C13H16N4O2/c1-17(9-11-8-15-4-5-19-11)13(18)12-3-2-10(6-14)7-16-12/h2-3,7,11,15H,4-5,8-9H2,1H3. The molecule has 1 saturated heterocycles. The molecule has 2 heterocycles. The number of amides is 1. The molecule has 1 aromatic heterocycles. The van der Waals surface area contributed by atoms with Crippen LogP contribution in [0.1, 0.15) is 16.1 Å². The number of likely N-dealkylation sites (N-methyl/N-ethyl adjacent to an activating group) is 1. The van der Waals surface area contributed by atoms with Gasteiger partial charge in [-0.05, 0) is 12.1 Å². The van der Waals surface area contributed by atoms with Crippen molar-refractivity contribution in [2.45, 2.75) is 6.10 Å². The Morgan fingerprint density at radius 2 is 2.53 bits per heavy atom. The van der Waals surface area contributed by atoms with Crippen molar-refractivity contribution in [1.29, 1.82) is 5.26 Å². The van der Waals surface area contributed by atoms with Gasteiger partial charge in [0.1, 0.15) is 11.8 Å². The maximum Gasteiger partial charge on any atom is 0.272 e. The number of hydrogen-bond acceptors (Lipinski definition) is 5. The highest BCUT2D eigenvalue weighted by molar-refractivity contribution is 5.92. The fourth-order valence-electron chi connectivity index (χ4n) is 1.91. The van der Waals surface area contributed by atoms with E-state index < -0.39 is 0 Å². The van der Waals surface area contributed by atoms with Crippen molar-refractivity contribution in [2.75, 3.05) is 33.3 Å². The Kier molecular flexibility index (Phi) is 4.44. The van der Waals surface area contributed by atoms with Crippen molar-refractivity contribution < 1.29 is 9.53 Å². The van der Waals surface area contributed by atoms with Crippen molar-refractivity contribution in [3.8, 4) is 6.07 Å². The average molecular weight is 260 g/mol. The second-order valence-electron chi connectivity index (χ2n) is 4.43. The predicted octanol–water partition coefficient (Wildman–Crippen LogP) is 0.0137. The maximum absolute atomic E-state index is 12.1. The molecule has 1 aliphatic rings. The molecule has 100 valence electrons. The van der Waals surface area contributed by atoms with Crippen molar-refractivity contribution in [2.24, 2.45) is 0 Å². The molecule has 0 radical (unpaired) electrons. The summed E-state index contributed by atoms with van der Waals surface area (Å²) in [5.74, 6) is -0.168. The topological polar surface area (TPSA) is 78.2 Å². The first-order chi connectivity index (χ1) is 9.20. The minimum atomic E-state index is -0.168. The van der Waals surface area contributed by atoms with Gasteiger partial charge in [0.25, 0.3) is 5.91 Å². The lowest BCUT2D eigenvalue weighted by Gasteiger charge is -2.27. The second-order valence-corrected chi connectivity index (χ2v) is 4.43. The van der Waals surface area contributed by atoms with Gasteiger partial charge in [-0.15, -0.1) is 0 Å². The molecule has 0 aliphatic carbocycles. The lowest BCUT2D eigenvalue weighted by Crippen LogP contribution is -2.45. The van der Waals surface area contributed by atoms with E-state index in [4.69, 9.17) is 10.00 Å². The summed E-state index contributed by atoms with van der Waals surface area (Å²) >= 11 is 0. The first kappa shape index (κ1) is 13.5. The van der Waals surface area contributed by atoms with Crippen LogP contribution in [0.25, 0.3) is 0 Å². The van der Waals surface area contributed by atoms with E-state index in [2.05, 4.69) is 10.3 Å². The Morgan fingerprint density at radius 1 is 1.68 bits per heavy atom. The Balaban J connectivity index is 1.95. The van der Waals surface area contributed by atoms with E-state index in [1.165, 1.54) is 6.20 Å². The zero-order valence-corrected chi connectivity index (χ0v) is 10.8. The Morgan fingerprint density at radius 3 is 3.11 bits per heavy atom. The quantitative estimate of drug-likeness (QED) is 0.828. The lowest BCUT2D eigenvalue weighted by atomic mass is 10.2. The van der Waals surface area contributed by atoms with E-state index in [1.54, 1.807) is 24.1 Å². The fourth-order valence-corrected chi connectivity index (χ4v) is 1.91. The summed E-state index contributed by atoms with van der Waals surface area (Å²) < 4.78 is 5.55. The third kappa shape index (κ3) is 3.50. The summed E-state index contributed by atoms with van der Waals surface area (Å²) in [5.41, 5.74) is 0.782. The molecule has 1 aromatic rings. The molecule has 1 fully saturated rings. The van der Waals surface area contributed by atoms with Gasteiger partial charge in [0.15, 0.2) is 0 Å². The minimum absolute atomic E-state index is 0.0149. The number of nitrogens with one attached hydrogen (secondary N) is 1. The molecule has 1 unspecified atom stereocenters. The van der Waals surface area contributed by atoms with Crippen molar-refractivity contribution in [3.63, 3.8) is 0 Å². The van der Waals surface area contributed by atoms with Gasteiger partial charge in [-0.25, -0.2) is 4.98 Å². The smallest absolute Gasteiger partial charge is 0.272 e. The number of aromatic nitrogens is 1. The van der Waals surface area contributed by atoms with Crippen LogP contribution in [-0.4, -0.2) is 55.2 Å². The SMILES string of the molecule is CN(CC1CNCCO1)C(=O)c1ccc(C#N)cn1. The number of rotatable bonds is 3. The maximum atomic E-state index is 12.1. The number of morpholine rings is 1. The van der Waals surface area contributed by atoms with Gasteiger partial charge in [0.05, 0.1) is 18.3 Å². The highest BCUT2D eigenvalue weighted by atomic mass is 16.5. The first-order valence-electron chi connectivity index (χ1n) is 6.14. The summed E-state index contributed by atoms with van der Waals surface area (Å²) in [5, 5.41) is 11.9. The van der Waals surface area contributed by atoms with Crippen LogP contribution < -0.4 is 5.32 Å². The number of ether oxygens (including phenoxy) is 1. The number of nitriles is 1. The van der Waals surface area contributed by atoms with Gasteiger partial charge < -0.3 is 15.0 Å². The van der Waals surface area contributed by atoms with E-state index in [0.29, 0.717) is 24.4 Å². The molecular formula is C13H16N4O2. The van der Waals surface area contributed by atoms with Crippen LogP contribution in [0.3, 0.4) is 0 Å². The van der Waals surface area contributed by atoms with Gasteiger partial charge in [-0.2, -0.15) is 5.26 Å². The zero-order valence-electron chi connectivity index (χ0n) is 10.8. The van der Waals surface area contributed by atoms with Gasteiger partial charge in [0.2, 0.25) is 0 Å². The number of nitrogens with zero attached hydrogens (tertiary/aromatic N) is 3. The molecule has 1 N–H and O–H groups in total. The summed E-state index contributed by atoms with van der Waals surface area (Å²) in [4.78, 5) is 17.7. The Labute approximate surface area is 112 Å². The first-order valence-corrected chi connectivity index (χ1v) is 6.14. The number of hydrogen-bond donors (Lipinski definition) is 1. The van der Waals surface area contributed by atoms with Crippen LogP contribution >= 0.6 is 0 Å². The van der Waals surface area contributed by atoms with E-state index in [1.807, 2.05) is 6.07 Å². The Bertz CT molecular complexity index is 474. The second kappa shape index (κ2) is 6.27. The van der Waals surface area contributed by atoms with Crippen molar-refractivity contribution in [1.82, 2.24) is 15.2 Å². The highest BCUT2D eigenvalue weighted by Crippen LogP contribution is 2.05. The molecule has 1 atom stereocenters. The Hall–Kier alpha value is -1.97. The summed E-state index contributed by atoms with van der Waals surface area (Å²) in [6, 6.07) is 5.13. The predicted molar refractivity (Wildman–Crippen MR) is 68.5 cm³/mol. The molecule has 1 aliphatic heterocycles. The molecule has 19 heavy (non-hydrogen) atoms. The van der Waals surface area contributed by atoms with Crippen LogP contribution in [0.5, 0.6) is 0 Å². The molecule has 1 amide bonds. The number of carbonyl (C=O) groups excluding carboxylic acids is 1. The monoisotopic (exact) mass is 260 g/mol. The molecule has 0 bridgehead atoms. The normalized spacial score (nSPS) is 18.6. The van der Waals surface area contributed by atoms with Crippen molar-refractivity contribution >= 4 is 5.91 Å². The molecule has 6 heteroatoms. The highest BCUT2D eigenvalue weighted by Gasteiger charge is 2.20. The van der Waals surface area contributed by atoms with E-state index in [0.717, 1.165) is 13.1 Å². The summed E-state index contributed by atoms with van der Waals surface area (Å²) in [6.07, 6.45) is 1.42. The molecule has 0 aromatic carbocycles. The van der Waals surface area contributed by atoms with E-state index in [9.17, 15) is 4.79 Å². The van der Waals surface area contributed by atoms with Crippen LogP contribution in [0.15, 0.2) is 18.3 Å². The van der Waals surface area contributed by atoms with E-state index in [-0.39, 0.29) is 12.0 Å². The third-order valence-corrected chi connectivity index (χ3v) is 2.94. The van der Waals surface area contributed by atoms with E-state index >= 15 is 0 Å². The van der Waals surface area contributed by atoms with Crippen LogP contribution in [-0.2, 0) is 4.74 Å². The minimum Gasteiger partial charge on any atom is -0.374 e. The lowest BCUT2D eigenvalue weighted by molar-refractivity contribution is 0.0102. The van der Waals surface area contributed by atoms with Gasteiger partial charge >= 0.3 is 0 Å².